The summed E-state index contributed by atoms with van der Waals surface area (Å²) >= 11 is 0. The van der Waals surface area contributed by atoms with Gasteiger partial charge in [0.05, 0.1) is 13.2 Å². The Labute approximate surface area is 127 Å². The fraction of sp³-hybridized carbons (Fsp3) is 0.588. The molecule has 0 aliphatic carbocycles. The monoisotopic (exact) mass is 290 g/mol. The van der Waals surface area contributed by atoms with E-state index in [0.29, 0.717) is 6.54 Å². The van der Waals surface area contributed by atoms with E-state index in [9.17, 15) is 9.90 Å². The maximum absolute atomic E-state index is 12.1. The summed E-state index contributed by atoms with van der Waals surface area (Å²) in [7, 11) is 0. The first kappa shape index (κ1) is 16.0. The highest BCUT2D eigenvalue weighted by Crippen LogP contribution is 2.23. The van der Waals surface area contributed by atoms with Crippen LogP contribution in [0.1, 0.15) is 39.2 Å². The van der Waals surface area contributed by atoms with Crippen LogP contribution in [0.15, 0.2) is 24.3 Å². The van der Waals surface area contributed by atoms with Gasteiger partial charge in [0.2, 0.25) is 5.91 Å². The Morgan fingerprint density at radius 2 is 2.00 bits per heavy atom. The number of carbonyl (C=O) groups excluding carboxylic acids is 1. The standard InChI is InChI=1S/C17H26N2O2/c1-17(2,3)13-6-8-14(9-7-13)18-16(21)11-19-10-4-5-15(19)12-20/h6-9,15,20H,4-5,10-12H2,1-3H3,(H,18,21)/t15-/m1/s1. The second kappa shape index (κ2) is 6.58. The van der Waals surface area contributed by atoms with E-state index in [4.69, 9.17) is 0 Å². The topological polar surface area (TPSA) is 52.6 Å². The number of hydrogen-bond acceptors (Lipinski definition) is 3. The Kier molecular flexibility index (Phi) is 5.01. The van der Waals surface area contributed by atoms with Gasteiger partial charge in [-0.2, -0.15) is 0 Å². The molecule has 1 aromatic rings. The molecule has 4 heteroatoms. The minimum atomic E-state index is -0.0149. The normalized spacial score (nSPS) is 19.7. The van der Waals surface area contributed by atoms with E-state index in [1.165, 1.54) is 5.56 Å². The molecule has 0 saturated carbocycles. The Hall–Kier alpha value is -1.39. The number of likely N-dealkylation sites (tertiary alicyclic amines) is 1. The predicted octanol–water partition coefficient (Wildman–Crippen LogP) is 2.38. The van der Waals surface area contributed by atoms with Crippen molar-refractivity contribution in [3.05, 3.63) is 29.8 Å². The van der Waals surface area contributed by atoms with E-state index >= 15 is 0 Å². The zero-order valence-electron chi connectivity index (χ0n) is 13.2. The summed E-state index contributed by atoms with van der Waals surface area (Å²) in [4.78, 5) is 14.1. The number of amides is 1. The lowest BCUT2D eigenvalue weighted by molar-refractivity contribution is -0.117. The van der Waals surface area contributed by atoms with Gasteiger partial charge in [0.15, 0.2) is 0 Å². The van der Waals surface area contributed by atoms with Crippen LogP contribution in [0, 0.1) is 0 Å². The lowest BCUT2D eigenvalue weighted by atomic mass is 9.87. The van der Waals surface area contributed by atoms with Crippen molar-refractivity contribution < 1.29 is 9.90 Å². The quantitative estimate of drug-likeness (QED) is 0.895. The highest BCUT2D eigenvalue weighted by atomic mass is 16.3. The van der Waals surface area contributed by atoms with Crippen LogP contribution in [0.5, 0.6) is 0 Å². The summed E-state index contributed by atoms with van der Waals surface area (Å²) < 4.78 is 0. The molecule has 1 aliphatic heterocycles. The van der Waals surface area contributed by atoms with Crippen molar-refractivity contribution in [2.75, 3.05) is 25.0 Å². The van der Waals surface area contributed by atoms with Crippen LogP contribution in [0.3, 0.4) is 0 Å². The summed E-state index contributed by atoms with van der Waals surface area (Å²) in [6, 6.07) is 8.15. The molecule has 116 valence electrons. The minimum Gasteiger partial charge on any atom is -0.395 e. The molecule has 21 heavy (non-hydrogen) atoms. The summed E-state index contributed by atoms with van der Waals surface area (Å²) in [5.74, 6) is -0.0149. The van der Waals surface area contributed by atoms with Gasteiger partial charge in [-0.3, -0.25) is 9.69 Å². The third-order valence-electron chi connectivity index (χ3n) is 4.09. The number of aliphatic hydroxyl groups excluding tert-OH is 1. The molecule has 1 fully saturated rings. The molecule has 0 unspecified atom stereocenters. The van der Waals surface area contributed by atoms with Crippen LogP contribution in [0.2, 0.25) is 0 Å². The van der Waals surface area contributed by atoms with Crippen molar-refractivity contribution in [2.24, 2.45) is 0 Å². The number of rotatable bonds is 4. The minimum absolute atomic E-state index is 0.0149. The molecule has 1 aromatic carbocycles. The highest BCUT2D eigenvalue weighted by Gasteiger charge is 2.25. The first-order valence-electron chi connectivity index (χ1n) is 7.65. The van der Waals surface area contributed by atoms with Crippen LogP contribution >= 0.6 is 0 Å². The Balaban J connectivity index is 1.91. The van der Waals surface area contributed by atoms with Gasteiger partial charge in [0.25, 0.3) is 0 Å². The van der Waals surface area contributed by atoms with Gasteiger partial charge in [-0.05, 0) is 42.5 Å². The summed E-state index contributed by atoms with van der Waals surface area (Å²) in [5, 5.41) is 12.2. The van der Waals surface area contributed by atoms with Crippen LogP contribution in [-0.4, -0.2) is 41.7 Å². The van der Waals surface area contributed by atoms with E-state index in [-0.39, 0.29) is 24.0 Å². The summed E-state index contributed by atoms with van der Waals surface area (Å²) in [6.07, 6.45) is 2.03. The molecule has 1 saturated heterocycles. The Morgan fingerprint density at radius 1 is 1.33 bits per heavy atom. The van der Waals surface area contributed by atoms with Crippen LogP contribution < -0.4 is 5.32 Å². The van der Waals surface area contributed by atoms with E-state index < -0.39 is 0 Å². The predicted molar refractivity (Wildman–Crippen MR) is 85.5 cm³/mol. The van der Waals surface area contributed by atoms with Crippen molar-refractivity contribution in [3.63, 3.8) is 0 Å². The summed E-state index contributed by atoms with van der Waals surface area (Å²) in [6.45, 7) is 7.89. The molecule has 1 heterocycles. The van der Waals surface area contributed by atoms with Gasteiger partial charge in [0.1, 0.15) is 0 Å². The Bertz CT molecular complexity index is 477. The van der Waals surface area contributed by atoms with Crippen LogP contribution in [0.25, 0.3) is 0 Å². The zero-order valence-corrected chi connectivity index (χ0v) is 13.2. The maximum Gasteiger partial charge on any atom is 0.238 e. The first-order chi connectivity index (χ1) is 9.90. The number of carbonyl (C=O) groups is 1. The van der Waals surface area contributed by atoms with Crippen molar-refractivity contribution >= 4 is 11.6 Å². The van der Waals surface area contributed by atoms with E-state index in [1.54, 1.807) is 0 Å². The van der Waals surface area contributed by atoms with Gasteiger partial charge in [0, 0.05) is 11.7 Å². The van der Waals surface area contributed by atoms with Gasteiger partial charge in [-0.15, -0.1) is 0 Å². The lowest BCUT2D eigenvalue weighted by Crippen LogP contribution is -2.38. The number of aliphatic hydroxyl groups is 1. The van der Waals surface area contributed by atoms with Crippen molar-refractivity contribution in [2.45, 2.75) is 45.1 Å². The average Bonchev–Trinajstić information content (AvgIpc) is 2.85. The maximum atomic E-state index is 12.1. The van der Waals surface area contributed by atoms with E-state index in [0.717, 1.165) is 25.1 Å². The van der Waals surface area contributed by atoms with Crippen LogP contribution in [-0.2, 0) is 10.2 Å². The molecule has 0 radical (unpaired) electrons. The average molecular weight is 290 g/mol. The molecule has 0 spiro atoms. The van der Waals surface area contributed by atoms with Gasteiger partial charge >= 0.3 is 0 Å². The molecule has 4 nitrogen and oxygen atoms in total. The van der Waals surface area contributed by atoms with Crippen molar-refractivity contribution in [1.82, 2.24) is 4.90 Å². The molecule has 0 aromatic heterocycles. The molecule has 2 rings (SSSR count). The van der Waals surface area contributed by atoms with Gasteiger partial charge in [-0.1, -0.05) is 32.9 Å². The second-order valence-electron chi connectivity index (χ2n) is 6.82. The number of anilines is 1. The van der Waals surface area contributed by atoms with E-state index in [1.807, 2.05) is 12.1 Å². The lowest BCUT2D eigenvalue weighted by Gasteiger charge is -2.22. The van der Waals surface area contributed by atoms with Crippen LogP contribution in [0.4, 0.5) is 5.69 Å². The number of benzene rings is 1. The third-order valence-corrected chi connectivity index (χ3v) is 4.09. The Morgan fingerprint density at radius 3 is 2.57 bits per heavy atom. The number of nitrogens with zero attached hydrogens (tertiary/aromatic N) is 1. The molecule has 1 atom stereocenters. The van der Waals surface area contributed by atoms with Gasteiger partial charge in [-0.25, -0.2) is 0 Å². The van der Waals surface area contributed by atoms with Crippen molar-refractivity contribution in [1.29, 1.82) is 0 Å². The summed E-state index contributed by atoms with van der Waals surface area (Å²) in [5.41, 5.74) is 2.19. The zero-order chi connectivity index (χ0) is 15.5. The van der Waals surface area contributed by atoms with E-state index in [2.05, 4.69) is 43.1 Å². The fourth-order valence-electron chi connectivity index (χ4n) is 2.75. The third kappa shape index (κ3) is 4.29. The molecular weight excluding hydrogens is 264 g/mol. The fourth-order valence-corrected chi connectivity index (χ4v) is 2.75. The van der Waals surface area contributed by atoms with Crippen molar-refractivity contribution in [3.8, 4) is 0 Å². The number of nitrogens with one attached hydrogen (secondary N) is 1. The molecule has 1 aliphatic rings. The van der Waals surface area contributed by atoms with Gasteiger partial charge < -0.3 is 10.4 Å². The smallest absolute Gasteiger partial charge is 0.238 e. The highest BCUT2D eigenvalue weighted by molar-refractivity contribution is 5.92. The molecule has 0 bridgehead atoms. The molecule has 2 N–H and O–H groups in total. The second-order valence-corrected chi connectivity index (χ2v) is 6.82. The molecule has 1 amide bonds. The first-order valence-corrected chi connectivity index (χ1v) is 7.65. The SMILES string of the molecule is CC(C)(C)c1ccc(NC(=O)CN2CCC[C@@H]2CO)cc1. The number of hydrogen-bond donors (Lipinski definition) is 2. The largest absolute Gasteiger partial charge is 0.395 e. The molecular formula is C17H26N2O2.